The van der Waals surface area contributed by atoms with E-state index in [1.165, 1.54) is 12.7 Å². The molecule has 7 aliphatic rings. The SMILES string of the molecule is COC(=O)[C@H]1O[C@@H](O[C@H]2CC[C@]3(C)[C@H]4CC=C5[C@@H]6CC(C)(C)CC[C@]6(C(=O)OC)CC[C@@]5(C)[C@]4(C)CC[C@H]3C2(C)C)[C@H](O[C@@H]2O[C@H](CO)[C@H](O)[C@H](O)[C@H]2O)[C@@H](O)[C@@H]1O. The van der Waals surface area contributed by atoms with Crippen molar-refractivity contribution in [3.05, 3.63) is 11.6 Å². The first-order chi connectivity index (χ1) is 27.1. The van der Waals surface area contributed by atoms with E-state index in [0.717, 1.165) is 64.9 Å². The molecule has 14 nitrogen and oxygen atoms in total. The van der Waals surface area contributed by atoms with Gasteiger partial charge >= 0.3 is 11.9 Å². The fourth-order valence-electron chi connectivity index (χ4n) is 13.9. The zero-order valence-corrected chi connectivity index (χ0v) is 35.9. The summed E-state index contributed by atoms with van der Waals surface area (Å²) in [5.41, 5.74) is 0.514. The van der Waals surface area contributed by atoms with Gasteiger partial charge in [0.25, 0.3) is 0 Å². The Morgan fingerprint density at radius 3 is 2.09 bits per heavy atom. The second kappa shape index (κ2) is 15.3. The van der Waals surface area contributed by atoms with Crippen molar-refractivity contribution in [2.45, 2.75) is 180 Å². The van der Waals surface area contributed by atoms with Crippen LogP contribution >= 0.6 is 0 Å². The molecule has 0 aromatic heterocycles. The minimum absolute atomic E-state index is 0.0131. The van der Waals surface area contributed by atoms with E-state index < -0.39 is 90.9 Å². The molecule has 0 bridgehead atoms. The molecule has 2 aliphatic heterocycles. The van der Waals surface area contributed by atoms with Crippen molar-refractivity contribution >= 4 is 11.9 Å². The lowest BCUT2D eigenvalue weighted by molar-refractivity contribution is -0.374. The number of rotatable bonds is 7. The number of carbonyl (C=O) groups excluding carboxylic acids is 2. The van der Waals surface area contributed by atoms with Crippen LogP contribution in [0, 0.1) is 50.2 Å². The first kappa shape index (κ1) is 44.3. The Morgan fingerprint density at radius 2 is 1.43 bits per heavy atom. The van der Waals surface area contributed by atoms with Crippen molar-refractivity contribution in [1.29, 1.82) is 0 Å². The molecule has 7 rings (SSSR count). The minimum Gasteiger partial charge on any atom is -0.469 e. The number of aliphatic hydroxyl groups excluding tert-OH is 6. The van der Waals surface area contributed by atoms with E-state index in [9.17, 15) is 40.2 Å². The number of allylic oxidation sites excluding steroid dienone is 2. The predicted molar refractivity (Wildman–Crippen MR) is 207 cm³/mol. The van der Waals surface area contributed by atoms with Crippen molar-refractivity contribution < 1.29 is 68.6 Å². The number of fused-ring (bicyclic) bond motifs is 7. The lowest BCUT2D eigenvalue weighted by Crippen LogP contribution is -2.67. The molecule has 58 heavy (non-hydrogen) atoms. The van der Waals surface area contributed by atoms with Gasteiger partial charge in [0.1, 0.15) is 42.7 Å². The number of hydrogen-bond acceptors (Lipinski definition) is 14. The van der Waals surface area contributed by atoms with Crippen LogP contribution in [-0.2, 0) is 38.0 Å². The smallest absolute Gasteiger partial charge is 0.337 e. The molecule has 0 aromatic carbocycles. The van der Waals surface area contributed by atoms with Gasteiger partial charge in [-0.05, 0) is 109 Å². The summed E-state index contributed by atoms with van der Waals surface area (Å²) < 4.78 is 34.9. The Balaban J connectivity index is 1.16. The highest BCUT2D eigenvalue weighted by molar-refractivity contribution is 5.78. The number of methoxy groups -OCH3 is 2. The summed E-state index contributed by atoms with van der Waals surface area (Å²) in [5.74, 6) is -0.245. The second-order valence-electron chi connectivity index (χ2n) is 21.1. The van der Waals surface area contributed by atoms with E-state index in [1.54, 1.807) is 0 Å². The third-order valence-corrected chi connectivity index (χ3v) is 17.6. The Labute approximate surface area is 342 Å². The fourth-order valence-corrected chi connectivity index (χ4v) is 13.9. The molecule has 0 amide bonds. The van der Waals surface area contributed by atoms with E-state index in [4.69, 9.17) is 28.4 Å². The molecular formula is C44H70O14. The Bertz CT molecular complexity index is 1600. The van der Waals surface area contributed by atoms with Gasteiger partial charge < -0.3 is 59.1 Å². The van der Waals surface area contributed by atoms with Crippen molar-refractivity contribution in [2.75, 3.05) is 20.8 Å². The Kier molecular flexibility index (Phi) is 11.7. The highest BCUT2D eigenvalue weighted by atomic mass is 16.8. The van der Waals surface area contributed by atoms with Crippen LogP contribution in [0.15, 0.2) is 11.6 Å². The maximum absolute atomic E-state index is 13.7. The van der Waals surface area contributed by atoms with Gasteiger partial charge in [-0.25, -0.2) is 4.79 Å². The molecule has 5 aliphatic carbocycles. The zero-order valence-electron chi connectivity index (χ0n) is 35.9. The maximum atomic E-state index is 13.7. The number of hydrogen-bond donors (Lipinski definition) is 6. The largest absolute Gasteiger partial charge is 0.469 e. The van der Waals surface area contributed by atoms with Crippen molar-refractivity contribution in [3.8, 4) is 0 Å². The quantitative estimate of drug-likeness (QED) is 0.124. The molecule has 0 aromatic rings. The highest BCUT2D eigenvalue weighted by Gasteiger charge is 2.70. The Hall–Kier alpha value is -1.72. The van der Waals surface area contributed by atoms with Crippen LogP contribution in [0.1, 0.15) is 113 Å². The molecule has 18 atom stereocenters. The second-order valence-corrected chi connectivity index (χ2v) is 21.1. The third kappa shape index (κ3) is 6.56. The summed E-state index contributed by atoms with van der Waals surface area (Å²) in [6, 6.07) is 0. The molecule has 0 spiro atoms. The zero-order chi connectivity index (χ0) is 42.5. The summed E-state index contributed by atoms with van der Waals surface area (Å²) in [5, 5.41) is 63.8. The van der Waals surface area contributed by atoms with E-state index in [2.05, 4.69) is 54.5 Å². The summed E-state index contributed by atoms with van der Waals surface area (Å²) in [6.45, 7) is 15.8. The van der Waals surface area contributed by atoms with Crippen LogP contribution in [0.25, 0.3) is 0 Å². The molecular weight excluding hydrogens is 752 g/mol. The van der Waals surface area contributed by atoms with Gasteiger partial charge in [0, 0.05) is 0 Å². The molecule has 6 fully saturated rings. The molecule has 6 N–H and O–H groups in total. The topological polar surface area (TPSA) is 211 Å². The molecule has 0 unspecified atom stereocenters. The van der Waals surface area contributed by atoms with Crippen LogP contribution < -0.4 is 0 Å². The van der Waals surface area contributed by atoms with Crippen molar-refractivity contribution in [1.82, 2.24) is 0 Å². The number of carbonyl (C=O) groups is 2. The molecule has 14 heteroatoms. The van der Waals surface area contributed by atoms with E-state index in [0.29, 0.717) is 12.3 Å². The predicted octanol–water partition coefficient (Wildman–Crippen LogP) is 3.15. The van der Waals surface area contributed by atoms with E-state index in [1.807, 2.05) is 0 Å². The average molecular weight is 823 g/mol. The first-order valence-corrected chi connectivity index (χ1v) is 21.6. The summed E-state index contributed by atoms with van der Waals surface area (Å²) >= 11 is 0. The summed E-state index contributed by atoms with van der Waals surface area (Å²) in [7, 11) is 2.68. The maximum Gasteiger partial charge on any atom is 0.337 e. The number of ether oxygens (including phenoxy) is 6. The monoisotopic (exact) mass is 822 g/mol. The van der Waals surface area contributed by atoms with Gasteiger partial charge in [-0.1, -0.05) is 60.1 Å². The van der Waals surface area contributed by atoms with Crippen molar-refractivity contribution in [2.24, 2.45) is 50.2 Å². The van der Waals surface area contributed by atoms with Gasteiger partial charge in [-0.3, -0.25) is 4.79 Å². The summed E-state index contributed by atoms with van der Waals surface area (Å²) in [4.78, 5) is 26.5. The van der Waals surface area contributed by atoms with Gasteiger partial charge in [0.05, 0.1) is 32.3 Å². The molecule has 2 heterocycles. The molecule has 0 radical (unpaired) electrons. The van der Waals surface area contributed by atoms with E-state index >= 15 is 0 Å². The highest BCUT2D eigenvalue weighted by Crippen LogP contribution is 2.76. The minimum atomic E-state index is -1.80. The third-order valence-electron chi connectivity index (χ3n) is 17.6. The normalized spacial score (nSPS) is 50.8. The molecule has 2 saturated heterocycles. The summed E-state index contributed by atoms with van der Waals surface area (Å²) in [6.07, 6.45) is -5.26. The van der Waals surface area contributed by atoms with Crippen LogP contribution in [-0.4, -0.2) is 131 Å². The van der Waals surface area contributed by atoms with Gasteiger partial charge in [-0.15, -0.1) is 0 Å². The van der Waals surface area contributed by atoms with Crippen LogP contribution in [0.2, 0.25) is 0 Å². The first-order valence-electron chi connectivity index (χ1n) is 21.6. The average Bonchev–Trinajstić information content (AvgIpc) is 3.17. The van der Waals surface area contributed by atoms with Gasteiger partial charge in [-0.2, -0.15) is 0 Å². The molecule has 4 saturated carbocycles. The van der Waals surface area contributed by atoms with Gasteiger partial charge in [0.2, 0.25) is 0 Å². The van der Waals surface area contributed by atoms with Gasteiger partial charge in [0.15, 0.2) is 18.7 Å². The lowest BCUT2D eigenvalue weighted by atomic mass is 9.33. The van der Waals surface area contributed by atoms with Crippen LogP contribution in [0.4, 0.5) is 0 Å². The standard InChI is InChI=1S/C44H70O14/c1-39(2)16-18-44(38(52)54-9)19-17-42(6)22(23(44)20-39)10-11-26-41(5)14-13-27(40(3,4)25(41)12-15-43(26,42)7)56-37-34(31(49)30(48)33(57-37)35(51)53-8)58-36-32(50)29(47)28(46)24(21-45)55-36/h10,23-34,36-37,45-50H,11-21H2,1-9H3/t23-,24+,25-,26+,27-,28-,29-,30-,31-,32+,33-,34+,36-,37+,41-,42+,43+,44-/m0/s1. The van der Waals surface area contributed by atoms with Crippen LogP contribution in [0.3, 0.4) is 0 Å². The lowest BCUT2D eigenvalue weighted by Gasteiger charge is -2.71. The number of aliphatic hydroxyl groups is 6. The number of esters is 2. The fraction of sp³-hybridized carbons (Fsp3) is 0.909. The molecule has 330 valence electrons. The van der Waals surface area contributed by atoms with Crippen molar-refractivity contribution in [3.63, 3.8) is 0 Å². The van der Waals surface area contributed by atoms with E-state index in [-0.39, 0.29) is 39.5 Å². The van der Waals surface area contributed by atoms with Crippen LogP contribution in [0.5, 0.6) is 0 Å². The Morgan fingerprint density at radius 1 is 0.741 bits per heavy atom.